The van der Waals surface area contributed by atoms with Gasteiger partial charge in [0.15, 0.2) is 11.5 Å². The number of fused-ring (bicyclic) bond motifs is 1. The van der Waals surface area contributed by atoms with E-state index in [2.05, 4.69) is 24.4 Å². The first-order valence-corrected chi connectivity index (χ1v) is 8.57. The van der Waals surface area contributed by atoms with Gasteiger partial charge in [-0.15, -0.1) is 0 Å². The fraction of sp³-hybridized carbons (Fsp3) is 0.667. The molecule has 0 amide bonds. The summed E-state index contributed by atoms with van der Waals surface area (Å²) in [4.78, 5) is 0. The van der Waals surface area contributed by atoms with Crippen molar-refractivity contribution in [2.75, 3.05) is 19.9 Å². The maximum Gasteiger partial charge on any atom is 0.231 e. The van der Waals surface area contributed by atoms with Gasteiger partial charge in [-0.2, -0.15) is 0 Å². The van der Waals surface area contributed by atoms with Gasteiger partial charge in [-0.1, -0.05) is 25.3 Å². The van der Waals surface area contributed by atoms with Crippen molar-refractivity contribution in [2.45, 2.75) is 57.6 Å². The molecule has 3 rings (SSSR count). The van der Waals surface area contributed by atoms with Crippen LogP contribution >= 0.6 is 0 Å². The molecular weight excluding hydrogens is 278 g/mol. The lowest BCUT2D eigenvalue weighted by Crippen LogP contribution is -2.23. The minimum absolute atomic E-state index is 0.309. The lowest BCUT2D eigenvalue weighted by Gasteiger charge is -2.22. The second-order valence-electron chi connectivity index (χ2n) is 6.27. The molecule has 4 nitrogen and oxygen atoms in total. The van der Waals surface area contributed by atoms with Gasteiger partial charge in [0.25, 0.3) is 0 Å². The molecule has 1 N–H and O–H groups in total. The van der Waals surface area contributed by atoms with Crippen LogP contribution < -0.4 is 14.8 Å². The normalized spacial score (nSPS) is 19.3. The molecule has 4 heteroatoms. The van der Waals surface area contributed by atoms with Gasteiger partial charge in [-0.3, -0.25) is 0 Å². The maximum atomic E-state index is 5.95. The van der Waals surface area contributed by atoms with Crippen molar-refractivity contribution in [3.05, 3.63) is 23.8 Å². The van der Waals surface area contributed by atoms with Gasteiger partial charge in [0.2, 0.25) is 6.79 Å². The Kier molecular flexibility index (Phi) is 5.57. The Morgan fingerprint density at radius 3 is 2.86 bits per heavy atom. The highest BCUT2D eigenvalue weighted by atomic mass is 16.7. The fourth-order valence-corrected chi connectivity index (χ4v) is 3.17. The number of rotatable bonds is 7. The number of hydrogen-bond donors (Lipinski definition) is 1. The second kappa shape index (κ2) is 7.84. The van der Waals surface area contributed by atoms with Crippen LogP contribution in [-0.4, -0.2) is 26.0 Å². The third-order valence-electron chi connectivity index (χ3n) is 4.57. The summed E-state index contributed by atoms with van der Waals surface area (Å²) in [5.74, 6) is 1.70. The summed E-state index contributed by atoms with van der Waals surface area (Å²) < 4.78 is 16.7. The van der Waals surface area contributed by atoms with Crippen LogP contribution in [0.3, 0.4) is 0 Å². The van der Waals surface area contributed by atoms with Crippen molar-refractivity contribution in [3.63, 3.8) is 0 Å². The highest BCUT2D eigenvalue weighted by molar-refractivity contribution is 5.45. The Hall–Kier alpha value is -1.26. The molecule has 2 aliphatic rings. The van der Waals surface area contributed by atoms with Crippen LogP contribution in [-0.2, 0) is 4.74 Å². The maximum absolute atomic E-state index is 5.95. The Balaban J connectivity index is 1.34. The van der Waals surface area contributed by atoms with Crippen molar-refractivity contribution in [2.24, 2.45) is 0 Å². The van der Waals surface area contributed by atoms with Crippen LogP contribution in [0.15, 0.2) is 18.2 Å². The molecule has 0 saturated heterocycles. The Labute approximate surface area is 133 Å². The van der Waals surface area contributed by atoms with E-state index in [1.165, 1.54) is 37.7 Å². The van der Waals surface area contributed by atoms with Crippen molar-refractivity contribution >= 4 is 0 Å². The summed E-state index contributed by atoms with van der Waals surface area (Å²) >= 11 is 0. The molecule has 1 fully saturated rings. The largest absolute Gasteiger partial charge is 0.454 e. The molecular formula is C18H27NO3. The van der Waals surface area contributed by atoms with Gasteiger partial charge in [0.1, 0.15) is 0 Å². The van der Waals surface area contributed by atoms with Crippen molar-refractivity contribution < 1.29 is 14.2 Å². The highest BCUT2D eigenvalue weighted by Crippen LogP contribution is 2.34. The van der Waals surface area contributed by atoms with E-state index in [9.17, 15) is 0 Å². The predicted molar refractivity (Wildman–Crippen MR) is 86.4 cm³/mol. The SMILES string of the molecule is CC(NCCCOC1CCCCC1)c1ccc2c(c1)OCO2. The summed E-state index contributed by atoms with van der Waals surface area (Å²) in [5.41, 5.74) is 1.23. The summed E-state index contributed by atoms with van der Waals surface area (Å²) in [6, 6.07) is 6.47. The monoisotopic (exact) mass is 305 g/mol. The van der Waals surface area contributed by atoms with Gasteiger partial charge < -0.3 is 19.5 Å². The lowest BCUT2D eigenvalue weighted by molar-refractivity contribution is 0.0271. The Morgan fingerprint density at radius 2 is 2.00 bits per heavy atom. The first-order chi connectivity index (χ1) is 10.8. The first-order valence-electron chi connectivity index (χ1n) is 8.57. The zero-order valence-electron chi connectivity index (χ0n) is 13.5. The zero-order valence-corrected chi connectivity index (χ0v) is 13.5. The second-order valence-corrected chi connectivity index (χ2v) is 6.27. The molecule has 1 heterocycles. The molecule has 22 heavy (non-hydrogen) atoms. The summed E-state index contributed by atoms with van der Waals surface area (Å²) in [6.07, 6.45) is 8.13. The van der Waals surface area contributed by atoms with Crippen LogP contribution in [0.4, 0.5) is 0 Å². The van der Waals surface area contributed by atoms with E-state index in [0.717, 1.165) is 31.1 Å². The third kappa shape index (κ3) is 4.14. The van der Waals surface area contributed by atoms with Crippen LogP contribution in [0.25, 0.3) is 0 Å². The van der Waals surface area contributed by atoms with Gasteiger partial charge >= 0.3 is 0 Å². The van der Waals surface area contributed by atoms with Crippen LogP contribution in [0, 0.1) is 0 Å². The molecule has 1 saturated carbocycles. The number of hydrogen-bond acceptors (Lipinski definition) is 4. The minimum atomic E-state index is 0.309. The van der Waals surface area contributed by atoms with Gasteiger partial charge in [-0.25, -0.2) is 0 Å². The summed E-state index contributed by atoms with van der Waals surface area (Å²) in [6.45, 7) is 4.35. The average Bonchev–Trinajstić information content (AvgIpc) is 3.03. The molecule has 1 aromatic carbocycles. The number of benzene rings is 1. The van der Waals surface area contributed by atoms with E-state index in [1.807, 2.05) is 6.07 Å². The zero-order chi connectivity index (χ0) is 15.2. The molecule has 1 aliphatic carbocycles. The molecule has 122 valence electrons. The molecule has 0 spiro atoms. The van der Waals surface area contributed by atoms with E-state index in [4.69, 9.17) is 14.2 Å². The van der Waals surface area contributed by atoms with Crippen molar-refractivity contribution in [1.82, 2.24) is 5.32 Å². The van der Waals surface area contributed by atoms with Crippen LogP contribution in [0.1, 0.15) is 57.1 Å². The van der Waals surface area contributed by atoms with Gasteiger partial charge in [-0.05, 0) is 50.4 Å². The van der Waals surface area contributed by atoms with Gasteiger partial charge in [0.05, 0.1) is 6.10 Å². The topological polar surface area (TPSA) is 39.7 Å². The molecule has 0 bridgehead atoms. The van der Waals surface area contributed by atoms with E-state index in [1.54, 1.807) is 0 Å². The molecule has 0 radical (unpaired) electrons. The standard InChI is InChI=1S/C18H27NO3/c1-14(15-8-9-17-18(12-15)22-13-21-17)19-10-5-11-20-16-6-3-2-4-7-16/h8-9,12,14,16,19H,2-7,10-11,13H2,1H3. The van der Waals surface area contributed by atoms with Crippen molar-refractivity contribution in [3.8, 4) is 11.5 Å². The fourth-order valence-electron chi connectivity index (χ4n) is 3.17. The molecule has 1 aromatic rings. The molecule has 0 aromatic heterocycles. The number of nitrogens with one attached hydrogen (secondary N) is 1. The highest BCUT2D eigenvalue weighted by Gasteiger charge is 2.16. The minimum Gasteiger partial charge on any atom is -0.454 e. The quantitative estimate of drug-likeness (QED) is 0.778. The summed E-state index contributed by atoms with van der Waals surface area (Å²) in [7, 11) is 0. The Morgan fingerprint density at radius 1 is 1.18 bits per heavy atom. The predicted octanol–water partition coefficient (Wildman–Crippen LogP) is 3.81. The molecule has 1 aliphatic heterocycles. The molecule has 1 atom stereocenters. The third-order valence-corrected chi connectivity index (χ3v) is 4.57. The average molecular weight is 305 g/mol. The lowest BCUT2D eigenvalue weighted by atomic mass is 9.98. The number of ether oxygens (including phenoxy) is 3. The Bertz CT molecular complexity index is 471. The van der Waals surface area contributed by atoms with Crippen LogP contribution in [0.5, 0.6) is 11.5 Å². The summed E-state index contributed by atoms with van der Waals surface area (Å²) in [5, 5.41) is 3.55. The molecule has 1 unspecified atom stereocenters. The van der Waals surface area contributed by atoms with Gasteiger partial charge in [0, 0.05) is 12.6 Å². The van der Waals surface area contributed by atoms with Crippen LogP contribution in [0.2, 0.25) is 0 Å². The van der Waals surface area contributed by atoms with E-state index in [0.29, 0.717) is 18.9 Å². The first kappa shape index (κ1) is 15.6. The smallest absolute Gasteiger partial charge is 0.231 e. The van der Waals surface area contributed by atoms with E-state index < -0.39 is 0 Å². The van der Waals surface area contributed by atoms with E-state index >= 15 is 0 Å². The van der Waals surface area contributed by atoms with E-state index in [-0.39, 0.29) is 0 Å². The van der Waals surface area contributed by atoms with Crippen molar-refractivity contribution in [1.29, 1.82) is 0 Å².